The number of nitrogens with one attached hydrogen (secondary N) is 1. The number of rotatable bonds is 5. The molecule has 4 heteroatoms. The fourth-order valence-electron chi connectivity index (χ4n) is 2.04. The van der Waals surface area contributed by atoms with Crippen LogP contribution in [0.2, 0.25) is 10.0 Å². The van der Waals surface area contributed by atoms with E-state index in [0.29, 0.717) is 16.6 Å². The maximum Gasteiger partial charge on any atom is 0.0595 e. The SMILES string of the molecule is CC1CC1CNC(CN)c1ccc(Cl)c(Cl)c1. The first-order chi connectivity index (χ1) is 8.11. The summed E-state index contributed by atoms with van der Waals surface area (Å²) >= 11 is 11.9. The highest BCUT2D eigenvalue weighted by Gasteiger charge is 2.32. The van der Waals surface area contributed by atoms with Crippen molar-refractivity contribution in [1.29, 1.82) is 0 Å². The van der Waals surface area contributed by atoms with Gasteiger partial charge in [0, 0.05) is 12.6 Å². The minimum atomic E-state index is 0.164. The number of hydrogen-bond acceptors (Lipinski definition) is 2. The lowest BCUT2D eigenvalue weighted by atomic mass is 10.1. The fourth-order valence-corrected chi connectivity index (χ4v) is 2.35. The molecule has 2 nitrogen and oxygen atoms in total. The summed E-state index contributed by atoms with van der Waals surface area (Å²) in [6, 6.07) is 5.86. The lowest BCUT2D eigenvalue weighted by Gasteiger charge is -2.17. The number of nitrogens with two attached hydrogens (primary N) is 1. The molecule has 0 amide bonds. The molecule has 17 heavy (non-hydrogen) atoms. The predicted octanol–water partition coefficient (Wildman–Crippen LogP) is 3.24. The molecular weight excluding hydrogens is 255 g/mol. The van der Waals surface area contributed by atoms with Crippen LogP contribution in [0.3, 0.4) is 0 Å². The van der Waals surface area contributed by atoms with Crippen molar-refractivity contribution in [1.82, 2.24) is 5.32 Å². The summed E-state index contributed by atoms with van der Waals surface area (Å²) in [6.45, 7) is 3.88. The lowest BCUT2D eigenvalue weighted by molar-refractivity contribution is 0.511. The van der Waals surface area contributed by atoms with E-state index in [1.807, 2.05) is 18.2 Å². The largest absolute Gasteiger partial charge is 0.329 e. The van der Waals surface area contributed by atoms with Crippen molar-refractivity contribution in [2.24, 2.45) is 17.6 Å². The van der Waals surface area contributed by atoms with Crippen molar-refractivity contribution in [3.63, 3.8) is 0 Å². The smallest absolute Gasteiger partial charge is 0.0595 e. The maximum absolute atomic E-state index is 6.01. The van der Waals surface area contributed by atoms with Gasteiger partial charge in [-0.3, -0.25) is 0 Å². The van der Waals surface area contributed by atoms with Crippen molar-refractivity contribution in [2.45, 2.75) is 19.4 Å². The standard InChI is InChI=1S/C13H18Cl2N2/c1-8-4-10(8)7-17-13(6-16)9-2-3-11(14)12(15)5-9/h2-3,5,8,10,13,17H,4,6-7,16H2,1H3. The highest BCUT2D eigenvalue weighted by molar-refractivity contribution is 6.42. The Morgan fingerprint density at radius 2 is 2.12 bits per heavy atom. The van der Waals surface area contributed by atoms with Gasteiger partial charge in [-0.25, -0.2) is 0 Å². The molecule has 0 heterocycles. The van der Waals surface area contributed by atoms with Gasteiger partial charge in [0.2, 0.25) is 0 Å². The van der Waals surface area contributed by atoms with Crippen LogP contribution < -0.4 is 11.1 Å². The van der Waals surface area contributed by atoms with Gasteiger partial charge in [-0.1, -0.05) is 36.2 Å². The molecule has 3 N–H and O–H groups in total. The summed E-state index contributed by atoms with van der Waals surface area (Å²) in [7, 11) is 0. The molecule has 0 spiro atoms. The summed E-state index contributed by atoms with van der Waals surface area (Å²) in [4.78, 5) is 0. The van der Waals surface area contributed by atoms with Crippen LogP contribution in [0.4, 0.5) is 0 Å². The van der Waals surface area contributed by atoms with Crippen LogP contribution in [0, 0.1) is 11.8 Å². The first kappa shape index (κ1) is 13.2. The van der Waals surface area contributed by atoms with Gasteiger partial charge in [0.15, 0.2) is 0 Å². The molecule has 1 saturated carbocycles. The Bertz CT molecular complexity index is 395. The van der Waals surface area contributed by atoms with E-state index in [1.54, 1.807) is 0 Å². The lowest BCUT2D eigenvalue weighted by Crippen LogP contribution is -2.30. The van der Waals surface area contributed by atoms with Crippen LogP contribution in [-0.4, -0.2) is 13.1 Å². The van der Waals surface area contributed by atoms with Gasteiger partial charge >= 0.3 is 0 Å². The molecule has 1 aromatic rings. The molecule has 1 aliphatic rings. The highest BCUT2D eigenvalue weighted by atomic mass is 35.5. The van der Waals surface area contributed by atoms with Crippen molar-refractivity contribution in [3.05, 3.63) is 33.8 Å². The Balaban J connectivity index is 1.98. The molecule has 1 fully saturated rings. The van der Waals surface area contributed by atoms with Gasteiger partial charge in [-0.05, 0) is 42.5 Å². The van der Waals surface area contributed by atoms with Gasteiger partial charge in [0.1, 0.15) is 0 Å². The van der Waals surface area contributed by atoms with E-state index in [2.05, 4.69) is 12.2 Å². The molecule has 94 valence electrons. The topological polar surface area (TPSA) is 38.0 Å². The zero-order chi connectivity index (χ0) is 12.4. The zero-order valence-electron chi connectivity index (χ0n) is 9.92. The van der Waals surface area contributed by atoms with Crippen molar-refractivity contribution < 1.29 is 0 Å². The van der Waals surface area contributed by atoms with E-state index < -0.39 is 0 Å². The van der Waals surface area contributed by atoms with E-state index in [-0.39, 0.29) is 6.04 Å². The quantitative estimate of drug-likeness (QED) is 0.864. The van der Waals surface area contributed by atoms with Crippen molar-refractivity contribution >= 4 is 23.2 Å². The minimum Gasteiger partial charge on any atom is -0.329 e. The van der Waals surface area contributed by atoms with Crippen molar-refractivity contribution in [3.8, 4) is 0 Å². The Labute approximate surface area is 112 Å². The summed E-state index contributed by atoms with van der Waals surface area (Å²) in [5.41, 5.74) is 6.90. The second kappa shape index (κ2) is 5.57. The Morgan fingerprint density at radius 1 is 1.41 bits per heavy atom. The Morgan fingerprint density at radius 3 is 2.65 bits per heavy atom. The van der Waals surface area contributed by atoms with Gasteiger partial charge in [-0.2, -0.15) is 0 Å². The van der Waals surface area contributed by atoms with Crippen LogP contribution in [-0.2, 0) is 0 Å². The molecule has 0 aliphatic heterocycles. The van der Waals surface area contributed by atoms with Crippen LogP contribution >= 0.6 is 23.2 Å². The average molecular weight is 273 g/mol. The average Bonchev–Trinajstić information content (AvgIpc) is 3.00. The Hall–Kier alpha value is -0.280. The predicted molar refractivity (Wildman–Crippen MR) is 73.5 cm³/mol. The molecule has 3 atom stereocenters. The van der Waals surface area contributed by atoms with E-state index in [4.69, 9.17) is 28.9 Å². The monoisotopic (exact) mass is 272 g/mol. The third-order valence-electron chi connectivity index (χ3n) is 3.48. The van der Waals surface area contributed by atoms with Gasteiger partial charge in [0.25, 0.3) is 0 Å². The van der Waals surface area contributed by atoms with E-state index in [9.17, 15) is 0 Å². The van der Waals surface area contributed by atoms with E-state index >= 15 is 0 Å². The second-order valence-electron chi connectivity index (χ2n) is 4.84. The Kier molecular flexibility index (Phi) is 4.31. The number of halogens is 2. The zero-order valence-corrected chi connectivity index (χ0v) is 11.4. The molecule has 2 rings (SSSR count). The van der Waals surface area contributed by atoms with Gasteiger partial charge in [-0.15, -0.1) is 0 Å². The molecule has 1 aromatic carbocycles. The molecule has 1 aliphatic carbocycles. The first-order valence-corrected chi connectivity index (χ1v) is 6.75. The van der Waals surface area contributed by atoms with Gasteiger partial charge < -0.3 is 11.1 Å². The highest BCUT2D eigenvalue weighted by Crippen LogP contribution is 2.37. The van der Waals surface area contributed by atoms with E-state index in [0.717, 1.165) is 23.9 Å². The molecule has 0 aromatic heterocycles. The third kappa shape index (κ3) is 3.35. The molecule has 0 saturated heterocycles. The molecule has 0 bridgehead atoms. The summed E-state index contributed by atoms with van der Waals surface area (Å²) in [5, 5.41) is 4.67. The first-order valence-electron chi connectivity index (χ1n) is 6.00. The third-order valence-corrected chi connectivity index (χ3v) is 4.22. The number of hydrogen-bond donors (Lipinski definition) is 2. The second-order valence-corrected chi connectivity index (χ2v) is 5.66. The summed E-state index contributed by atoms with van der Waals surface area (Å²) in [5.74, 6) is 1.67. The summed E-state index contributed by atoms with van der Waals surface area (Å²) in [6.07, 6.45) is 1.33. The van der Waals surface area contributed by atoms with Crippen LogP contribution in [0.25, 0.3) is 0 Å². The van der Waals surface area contributed by atoms with Crippen LogP contribution in [0.1, 0.15) is 24.9 Å². The molecule has 0 radical (unpaired) electrons. The normalized spacial score (nSPS) is 24.7. The van der Waals surface area contributed by atoms with Crippen molar-refractivity contribution in [2.75, 3.05) is 13.1 Å². The maximum atomic E-state index is 6.01. The van der Waals surface area contributed by atoms with Gasteiger partial charge in [0.05, 0.1) is 10.0 Å². The molecular formula is C13H18Cl2N2. The minimum absolute atomic E-state index is 0.164. The number of benzene rings is 1. The fraction of sp³-hybridized carbons (Fsp3) is 0.538. The van der Waals surface area contributed by atoms with Crippen LogP contribution in [0.5, 0.6) is 0 Å². The van der Waals surface area contributed by atoms with Crippen LogP contribution in [0.15, 0.2) is 18.2 Å². The summed E-state index contributed by atoms with van der Waals surface area (Å²) < 4.78 is 0. The molecule has 3 unspecified atom stereocenters. The van der Waals surface area contributed by atoms with E-state index in [1.165, 1.54) is 6.42 Å².